The van der Waals surface area contributed by atoms with Crippen LogP contribution in [0.1, 0.15) is 31.4 Å². The number of aryl methyl sites for hydroxylation is 2. The topological polar surface area (TPSA) is 3.24 Å². The third-order valence-corrected chi connectivity index (χ3v) is 2.91. The quantitative estimate of drug-likeness (QED) is 0.655. The average molecular weight is 188 g/mol. The normalized spacial score (nSPS) is 15.9. The van der Waals surface area contributed by atoms with Crippen LogP contribution in [0.2, 0.25) is 0 Å². The largest absolute Gasteiger partial charge is 0.368 e. The molecular formula is C13H18N. The molecule has 14 heavy (non-hydrogen) atoms. The Kier molecular flexibility index (Phi) is 2.49. The Hall–Kier alpha value is -0.980. The Morgan fingerprint density at radius 2 is 2.14 bits per heavy atom. The maximum atomic E-state index is 3.49. The molecule has 1 radical (unpaired) electrons. The number of hydrogen-bond donors (Lipinski definition) is 0. The van der Waals surface area contributed by atoms with Crippen LogP contribution in [0.15, 0.2) is 12.1 Å². The molecule has 2 rings (SSSR count). The molecule has 0 bridgehead atoms. The fraction of sp³-hybridized carbons (Fsp3) is 0.538. The van der Waals surface area contributed by atoms with Crippen LogP contribution < -0.4 is 4.90 Å². The summed E-state index contributed by atoms with van der Waals surface area (Å²) in [5.41, 5.74) is 4.05. The van der Waals surface area contributed by atoms with Gasteiger partial charge in [0.25, 0.3) is 0 Å². The van der Waals surface area contributed by atoms with E-state index in [-0.39, 0.29) is 0 Å². The van der Waals surface area contributed by atoms with Crippen molar-refractivity contribution >= 4 is 5.69 Å². The zero-order chi connectivity index (χ0) is 10.1. The Balaban J connectivity index is 2.41. The van der Waals surface area contributed by atoms with E-state index in [1.54, 1.807) is 0 Å². The molecule has 0 saturated heterocycles. The summed E-state index contributed by atoms with van der Waals surface area (Å²) in [6.45, 7) is 7.81. The van der Waals surface area contributed by atoms with Gasteiger partial charge >= 0.3 is 0 Å². The lowest BCUT2D eigenvalue weighted by molar-refractivity contribution is 0.625. The van der Waals surface area contributed by atoms with Gasteiger partial charge in [0.05, 0.1) is 0 Å². The zero-order valence-electron chi connectivity index (χ0n) is 9.30. The third kappa shape index (κ3) is 1.63. The van der Waals surface area contributed by atoms with Crippen LogP contribution in [0.4, 0.5) is 5.69 Å². The van der Waals surface area contributed by atoms with Crippen molar-refractivity contribution in [3.63, 3.8) is 0 Å². The Morgan fingerprint density at radius 3 is 2.86 bits per heavy atom. The summed E-state index contributed by atoms with van der Waals surface area (Å²) in [5.74, 6) is 0. The van der Waals surface area contributed by atoms with Crippen molar-refractivity contribution in [2.75, 3.05) is 11.4 Å². The molecule has 1 aliphatic heterocycles. The lowest BCUT2D eigenvalue weighted by Crippen LogP contribution is -2.35. The van der Waals surface area contributed by atoms with Crippen LogP contribution in [0, 0.1) is 13.0 Å². The van der Waals surface area contributed by atoms with E-state index in [2.05, 4.69) is 43.9 Å². The van der Waals surface area contributed by atoms with E-state index < -0.39 is 0 Å². The number of fused-ring (bicyclic) bond motifs is 1. The van der Waals surface area contributed by atoms with E-state index in [0.717, 1.165) is 0 Å². The van der Waals surface area contributed by atoms with Gasteiger partial charge in [0.1, 0.15) is 0 Å². The van der Waals surface area contributed by atoms with Crippen molar-refractivity contribution in [1.29, 1.82) is 0 Å². The number of rotatable bonds is 1. The highest BCUT2D eigenvalue weighted by molar-refractivity contribution is 5.56. The summed E-state index contributed by atoms with van der Waals surface area (Å²) >= 11 is 0. The van der Waals surface area contributed by atoms with Crippen LogP contribution in [-0.2, 0) is 6.42 Å². The summed E-state index contributed by atoms with van der Waals surface area (Å²) in [7, 11) is 0. The minimum atomic E-state index is 0.590. The van der Waals surface area contributed by atoms with Gasteiger partial charge in [-0.3, -0.25) is 0 Å². The molecular weight excluding hydrogens is 170 g/mol. The van der Waals surface area contributed by atoms with Gasteiger partial charge in [-0.15, -0.1) is 0 Å². The van der Waals surface area contributed by atoms with Gasteiger partial charge in [-0.25, -0.2) is 0 Å². The van der Waals surface area contributed by atoms with E-state index >= 15 is 0 Å². The highest BCUT2D eigenvalue weighted by atomic mass is 15.2. The van der Waals surface area contributed by atoms with Gasteiger partial charge in [0.15, 0.2) is 0 Å². The minimum Gasteiger partial charge on any atom is -0.368 e. The van der Waals surface area contributed by atoms with E-state index in [0.29, 0.717) is 6.04 Å². The maximum Gasteiger partial charge on any atom is 0.0484 e. The molecule has 75 valence electrons. The molecule has 1 aromatic carbocycles. The van der Waals surface area contributed by atoms with Crippen LogP contribution in [-0.4, -0.2) is 12.6 Å². The lowest BCUT2D eigenvalue weighted by atomic mass is 9.99. The fourth-order valence-electron chi connectivity index (χ4n) is 2.14. The second-order valence-electron chi connectivity index (χ2n) is 4.41. The first-order valence-corrected chi connectivity index (χ1v) is 5.47. The van der Waals surface area contributed by atoms with Gasteiger partial charge < -0.3 is 4.90 Å². The van der Waals surface area contributed by atoms with Gasteiger partial charge in [-0.1, -0.05) is 12.1 Å². The second kappa shape index (κ2) is 3.64. The van der Waals surface area contributed by atoms with Gasteiger partial charge in [0.2, 0.25) is 0 Å². The molecule has 1 aromatic rings. The molecule has 0 spiro atoms. The van der Waals surface area contributed by atoms with Crippen molar-refractivity contribution in [3.8, 4) is 0 Å². The predicted molar refractivity (Wildman–Crippen MR) is 60.8 cm³/mol. The Bertz CT molecular complexity index is 328. The molecule has 1 aliphatic rings. The molecule has 0 fully saturated rings. The summed E-state index contributed by atoms with van der Waals surface area (Å²) < 4.78 is 0. The third-order valence-electron chi connectivity index (χ3n) is 2.91. The molecule has 0 aliphatic carbocycles. The molecule has 0 atom stereocenters. The SMILES string of the molecule is Cc1[c]c2c(cc1)CCCN2C(C)C. The number of benzene rings is 1. The van der Waals surface area contributed by atoms with E-state index in [9.17, 15) is 0 Å². The highest BCUT2D eigenvalue weighted by Gasteiger charge is 2.18. The maximum absolute atomic E-state index is 3.49. The van der Waals surface area contributed by atoms with Crippen molar-refractivity contribution in [1.82, 2.24) is 0 Å². The summed E-state index contributed by atoms with van der Waals surface area (Å²) in [5, 5.41) is 0. The minimum absolute atomic E-state index is 0.590. The molecule has 0 saturated carbocycles. The molecule has 1 heterocycles. The molecule has 1 nitrogen and oxygen atoms in total. The first-order valence-electron chi connectivity index (χ1n) is 5.47. The molecule has 0 N–H and O–H groups in total. The summed E-state index contributed by atoms with van der Waals surface area (Å²) in [6, 6.07) is 8.50. The first kappa shape index (κ1) is 9.57. The Labute approximate surface area is 86.7 Å². The van der Waals surface area contributed by atoms with Gasteiger partial charge in [-0.05, 0) is 44.7 Å². The van der Waals surface area contributed by atoms with Gasteiger partial charge in [0, 0.05) is 24.3 Å². The highest BCUT2D eigenvalue weighted by Crippen LogP contribution is 2.28. The summed E-state index contributed by atoms with van der Waals surface area (Å²) in [6.07, 6.45) is 2.50. The van der Waals surface area contributed by atoms with Crippen molar-refractivity contribution in [2.24, 2.45) is 0 Å². The molecule has 0 amide bonds. The predicted octanol–water partition coefficient (Wildman–Crippen LogP) is 2.96. The first-order chi connectivity index (χ1) is 6.68. The van der Waals surface area contributed by atoms with Crippen molar-refractivity contribution in [2.45, 2.75) is 39.7 Å². The Morgan fingerprint density at radius 1 is 1.36 bits per heavy atom. The number of hydrogen-bond acceptors (Lipinski definition) is 1. The van der Waals surface area contributed by atoms with E-state index in [1.165, 1.54) is 36.2 Å². The average Bonchev–Trinajstić information content (AvgIpc) is 2.16. The van der Waals surface area contributed by atoms with Gasteiger partial charge in [-0.2, -0.15) is 0 Å². The molecule has 0 unspecified atom stereocenters. The molecule has 1 heteroatoms. The van der Waals surface area contributed by atoms with Crippen molar-refractivity contribution < 1.29 is 0 Å². The van der Waals surface area contributed by atoms with Crippen LogP contribution >= 0.6 is 0 Å². The van der Waals surface area contributed by atoms with E-state index in [4.69, 9.17) is 0 Å². The number of nitrogens with zero attached hydrogens (tertiary/aromatic N) is 1. The smallest absolute Gasteiger partial charge is 0.0484 e. The second-order valence-corrected chi connectivity index (χ2v) is 4.41. The van der Waals surface area contributed by atoms with Crippen LogP contribution in [0.25, 0.3) is 0 Å². The van der Waals surface area contributed by atoms with Crippen LogP contribution in [0.3, 0.4) is 0 Å². The number of anilines is 1. The standard InChI is InChI=1S/C13H18N/c1-10(2)14-8-4-5-12-7-6-11(3)9-13(12)14/h6-7,10H,4-5,8H2,1-3H3. The monoisotopic (exact) mass is 188 g/mol. The fourth-order valence-corrected chi connectivity index (χ4v) is 2.14. The summed E-state index contributed by atoms with van der Waals surface area (Å²) in [4.78, 5) is 2.46. The molecule has 0 aromatic heterocycles. The van der Waals surface area contributed by atoms with Crippen molar-refractivity contribution in [3.05, 3.63) is 29.3 Å². The lowest BCUT2D eigenvalue weighted by Gasteiger charge is -2.34. The van der Waals surface area contributed by atoms with Crippen LogP contribution in [0.5, 0.6) is 0 Å². The van der Waals surface area contributed by atoms with E-state index in [1.807, 2.05) is 0 Å². The zero-order valence-corrected chi connectivity index (χ0v) is 9.30.